The number of amides is 1. The van der Waals surface area contributed by atoms with Gasteiger partial charge in [0.25, 0.3) is 0 Å². The van der Waals surface area contributed by atoms with Gasteiger partial charge in [-0.05, 0) is 38.2 Å². The molecule has 30 heavy (non-hydrogen) atoms. The van der Waals surface area contributed by atoms with Crippen LogP contribution in [0, 0.1) is 0 Å². The van der Waals surface area contributed by atoms with Crippen LogP contribution in [-0.2, 0) is 0 Å². The lowest BCUT2D eigenvalue weighted by Crippen LogP contribution is -2.28. The van der Waals surface area contributed by atoms with Crippen molar-refractivity contribution in [1.82, 2.24) is 4.90 Å². The average molecular weight is 413 g/mol. The minimum absolute atomic E-state index is 0.114. The second kappa shape index (κ2) is 11.4. The molecule has 162 valence electrons. The van der Waals surface area contributed by atoms with Gasteiger partial charge in [-0.15, -0.1) is 0 Å². The molecule has 2 N–H and O–H groups in total. The molecule has 0 aliphatic heterocycles. The number of benzene rings is 2. The van der Waals surface area contributed by atoms with Crippen LogP contribution in [0.2, 0.25) is 0 Å². The fraction of sp³-hybridized carbons (Fsp3) is 0.417. The van der Waals surface area contributed by atoms with Gasteiger partial charge in [0.05, 0.1) is 12.2 Å². The third kappa shape index (κ3) is 5.39. The number of ketones is 1. The fourth-order valence-electron chi connectivity index (χ4n) is 3.42. The molecule has 6 nitrogen and oxygen atoms in total. The molecule has 0 atom stereocenters. The molecule has 0 bridgehead atoms. The largest absolute Gasteiger partial charge is 0.493 e. The molecule has 0 aliphatic rings. The highest BCUT2D eigenvalue weighted by Crippen LogP contribution is 2.39. The Morgan fingerprint density at radius 1 is 0.933 bits per heavy atom. The van der Waals surface area contributed by atoms with Gasteiger partial charge >= 0.3 is 0 Å². The fourth-order valence-corrected chi connectivity index (χ4v) is 3.42. The first-order valence-electron chi connectivity index (χ1n) is 10.6. The summed E-state index contributed by atoms with van der Waals surface area (Å²) in [6.45, 7) is 11.4. The molecular weight excluding hydrogens is 380 g/mol. The number of hydrogen-bond donors (Lipinski definition) is 1. The van der Waals surface area contributed by atoms with Crippen LogP contribution < -0.4 is 15.2 Å². The van der Waals surface area contributed by atoms with Crippen molar-refractivity contribution < 1.29 is 19.1 Å². The quantitative estimate of drug-likeness (QED) is 0.529. The van der Waals surface area contributed by atoms with Crippen molar-refractivity contribution in [3.05, 3.63) is 47.5 Å². The van der Waals surface area contributed by atoms with E-state index in [1.165, 1.54) is 0 Å². The monoisotopic (exact) mass is 412 g/mol. The number of para-hydroxylation sites is 1. The predicted octanol–water partition coefficient (Wildman–Crippen LogP) is 4.16. The highest BCUT2D eigenvalue weighted by molar-refractivity contribution is 6.11. The molecule has 1 amide bonds. The summed E-state index contributed by atoms with van der Waals surface area (Å²) in [5, 5.41) is 0. The van der Waals surface area contributed by atoms with Gasteiger partial charge in [0.15, 0.2) is 5.78 Å². The lowest BCUT2D eigenvalue weighted by Gasteiger charge is -2.21. The summed E-state index contributed by atoms with van der Waals surface area (Å²) in [4.78, 5) is 27.5. The molecule has 2 aromatic carbocycles. The Kier molecular flexibility index (Phi) is 8.87. The van der Waals surface area contributed by atoms with Crippen molar-refractivity contribution in [3.8, 4) is 22.6 Å². The Morgan fingerprint density at radius 3 is 2.23 bits per heavy atom. The maximum atomic E-state index is 13.0. The molecule has 0 unspecified atom stereocenters. The maximum Gasteiger partial charge on any atom is 0.249 e. The second-order valence-corrected chi connectivity index (χ2v) is 6.81. The van der Waals surface area contributed by atoms with Gasteiger partial charge < -0.3 is 20.1 Å². The predicted molar refractivity (Wildman–Crippen MR) is 119 cm³/mol. The van der Waals surface area contributed by atoms with E-state index in [0.717, 1.165) is 19.6 Å². The van der Waals surface area contributed by atoms with Crippen LogP contribution >= 0.6 is 0 Å². The van der Waals surface area contributed by atoms with E-state index in [1.54, 1.807) is 19.1 Å². The summed E-state index contributed by atoms with van der Waals surface area (Å²) in [7, 11) is 0. The Morgan fingerprint density at radius 2 is 1.63 bits per heavy atom. The highest BCUT2D eigenvalue weighted by Gasteiger charge is 2.25. The summed E-state index contributed by atoms with van der Waals surface area (Å²) >= 11 is 0. The molecule has 0 saturated heterocycles. The Balaban J connectivity index is 2.63. The Hall–Kier alpha value is -2.86. The van der Waals surface area contributed by atoms with Gasteiger partial charge in [0, 0.05) is 29.7 Å². The molecule has 0 aromatic heterocycles. The summed E-state index contributed by atoms with van der Waals surface area (Å²) in [5.41, 5.74) is 7.45. The number of carbonyl (C=O) groups is 2. The Labute approximate surface area is 179 Å². The standard InChI is InChI=1S/C24H32N2O4/c1-5-19(27)23-21(30-16-15-26(6-2)7-3)14-13-18(24(25)28)22(23)17-11-9-10-12-20(17)29-8-4/h9-14H,5-8,15-16H2,1-4H3,(H2,25,28). The maximum absolute atomic E-state index is 13.0. The number of rotatable bonds is 12. The average Bonchev–Trinajstić information content (AvgIpc) is 2.76. The molecule has 0 spiro atoms. The summed E-state index contributed by atoms with van der Waals surface area (Å²) in [6.07, 6.45) is 0.276. The van der Waals surface area contributed by atoms with Crippen LogP contribution in [0.1, 0.15) is 54.8 Å². The van der Waals surface area contributed by atoms with E-state index < -0.39 is 5.91 Å². The molecule has 0 fully saturated rings. The number of nitrogens with two attached hydrogens (primary N) is 1. The van der Waals surface area contributed by atoms with E-state index in [1.807, 2.05) is 31.2 Å². The topological polar surface area (TPSA) is 81.9 Å². The van der Waals surface area contributed by atoms with Crippen LogP contribution in [-0.4, -0.2) is 49.4 Å². The number of hydrogen-bond acceptors (Lipinski definition) is 5. The summed E-state index contributed by atoms with van der Waals surface area (Å²) in [5.74, 6) is 0.335. The normalized spacial score (nSPS) is 10.8. The molecular formula is C24H32N2O4. The number of Topliss-reactive ketones (excluding diaryl/α,β-unsaturated/α-hetero) is 1. The van der Waals surface area contributed by atoms with Crippen LogP contribution in [0.4, 0.5) is 0 Å². The van der Waals surface area contributed by atoms with Gasteiger partial charge in [-0.2, -0.15) is 0 Å². The van der Waals surface area contributed by atoms with Gasteiger partial charge in [-0.1, -0.05) is 39.0 Å². The van der Waals surface area contributed by atoms with Crippen molar-refractivity contribution in [1.29, 1.82) is 0 Å². The second-order valence-electron chi connectivity index (χ2n) is 6.81. The molecule has 6 heteroatoms. The van der Waals surface area contributed by atoms with E-state index in [0.29, 0.717) is 41.4 Å². The number of carbonyl (C=O) groups excluding carboxylic acids is 2. The number of nitrogens with zero attached hydrogens (tertiary/aromatic N) is 1. The van der Waals surface area contributed by atoms with E-state index in [9.17, 15) is 9.59 Å². The summed E-state index contributed by atoms with van der Waals surface area (Å²) < 4.78 is 11.8. The Bertz CT molecular complexity index is 876. The summed E-state index contributed by atoms with van der Waals surface area (Å²) in [6, 6.07) is 10.6. The first-order valence-corrected chi connectivity index (χ1v) is 10.6. The molecule has 0 heterocycles. The third-order valence-corrected chi connectivity index (χ3v) is 5.05. The zero-order valence-electron chi connectivity index (χ0n) is 18.4. The van der Waals surface area contributed by atoms with E-state index in [-0.39, 0.29) is 17.8 Å². The highest BCUT2D eigenvalue weighted by atomic mass is 16.5. The molecule has 0 aliphatic carbocycles. The van der Waals surface area contributed by atoms with Crippen molar-refractivity contribution in [2.75, 3.05) is 32.8 Å². The lowest BCUT2D eigenvalue weighted by atomic mass is 9.89. The molecule has 0 saturated carbocycles. The van der Waals surface area contributed by atoms with Crippen molar-refractivity contribution in [2.45, 2.75) is 34.1 Å². The zero-order valence-corrected chi connectivity index (χ0v) is 18.4. The number of likely N-dealkylation sites (N-methyl/N-ethyl adjacent to an activating group) is 1. The third-order valence-electron chi connectivity index (χ3n) is 5.05. The van der Waals surface area contributed by atoms with Crippen molar-refractivity contribution in [2.24, 2.45) is 5.73 Å². The van der Waals surface area contributed by atoms with Crippen molar-refractivity contribution in [3.63, 3.8) is 0 Å². The van der Waals surface area contributed by atoms with Crippen LogP contribution in [0.25, 0.3) is 11.1 Å². The minimum Gasteiger partial charge on any atom is -0.493 e. The zero-order chi connectivity index (χ0) is 22.1. The van der Waals surface area contributed by atoms with Gasteiger partial charge in [-0.3, -0.25) is 9.59 Å². The van der Waals surface area contributed by atoms with Crippen LogP contribution in [0.3, 0.4) is 0 Å². The molecule has 2 rings (SSSR count). The van der Waals surface area contributed by atoms with Gasteiger partial charge in [0.2, 0.25) is 5.91 Å². The first-order chi connectivity index (χ1) is 14.5. The smallest absolute Gasteiger partial charge is 0.249 e. The minimum atomic E-state index is -0.601. The molecule has 2 aromatic rings. The number of primary amides is 1. The van der Waals surface area contributed by atoms with Gasteiger partial charge in [0.1, 0.15) is 18.1 Å². The first kappa shape index (κ1) is 23.4. The van der Waals surface area contributed by atoms with E-state index in [2.05, 4.69) is 18.7 Å². The SMILES string of the molecule is CCOc1ccccc1-c1c(C(N)=O)ccc(OCCN(CC)CC)c1C(=O)CC. The van der Waals surface area contributed by atoms with Crippen molar-refractivity contribution >= 4 is 11.7 Å². The molecule has 0 radical (unpaired) electrons. The van der Waals surface area contributed by atoms with E-state index >= 15 is 0 Å². The number of ether oxygens (including phenoxy) is 2. The van der Waals surface area contributed by atoms with E-state index in [4.69, 9.17) is 15.2 Å². The lowest BCUT2D eigenvalue weighted by molar-refractivity contribution is 0.0984. The van der Waals surface area contributed by atoms with Crippen LogP contribution in [0.5, 0.6) is 11.5 Å². The van der Waals surface area contributed by atoms with Gasteiger partial charge in [-0.25, -0.2) is 0 Å². The van der Waals surface area contributed by atoms with Crippen LogP contribution in [0.15, 0.2) is 36.4 Å².